The molecule has 2 aliphatic rings. The Morgan fingerprint density at radius 3 is 1.51 bits per heavy atom. The summed E-state index contributed by atoms with van der Waals surface area (Å²) in [5.41, 5.74) is 27.0. The minimum Gasteiger partial charge on any atom is -0.456 e. The maximum atomic E-state index is 6.47. The van der Waals surface area contributed by atoms with E-state index in [1.807, 2.05) is 6.07 Å². The van der Waals surface area contributed by atoms with Crippen molar-refractivity contribution in [3.8, 4) is 66.8 Å². The standard InChI is InChI=1S/C75H59NO/c1-73(2,3)50-38-41-60-61-42-39-51(74(4,5)6)46-68(61)75(67(60)45-50)65-34-17-14-30-59(65)64-47-53(40-43-66(64)75)76(52-25-20-24-49(44-52)55-33-21-37-71-72(55)63-32-16-19-36-70(63)77-71)69-35-18-15-31-62(69)58-29-13-12-28-57(58)56-27-11-10-26-54(56)48-22-8-7-9-23-48/h7-47H,1-6H3. The van der Waals surface area contributed by atoms with E-state index in [0.29, 0.717) is 0 Å². The summed E-state index contributed by atoms with van der Waals surface area (Å²) in [5, 5.41) is 2.24. The second kappa shape index (κ2) is 17.5. The number of rotatable bonds is 7. The molecule has 0 radical (unpaired) electrons. The molecule has 77 heavy (non-hydrogen) atoms. The lowest BCUT2D eigenvalue weighted by Crippen LogP contribution is -2.27. The fourth-order valence-electron chi connectivity index (χ4n) is 12.9. The van der Waals surface area contributed by atoms with Gasteiger partial charge in [-0.2, -0.15) is 0 Å². The number of benzene rings is 11. The molecule has 12 aromatic rings. The van der Waals surface area contributed by atoms with E-state index in [-0.39, 0.29) is 10.8 Å². The largest absolute Gasteiger partial charge is 0.456 e. The summed E-state index contributed by atoms with van der Waals surface area (Å²) in [6.07, 6.45) is 0. The van der Waals surface area contributed by atoms with Crippen molar-refractivity contribution >= 4 is 39.0 Å². The summed E-state index contributed by atoms with van der Waals surface area (Å²) >= 11 is 0. The van der Waals surface area contributed by atoms with Crippen LogP contribution in [0.2, 0.25) is 0 Å². The predicted molar refractivity (Wildman–Crippen MR) is 324 cm³/mol. The van der Waals surface area contributed by atoms with E-state index in [2.05, 4.69) is 289 Å². The summed E-state index contributed by atoms with van der Waals surface area (Å²) in [5.74, 6) is 0. The first-order valence-electron chi connectivity index (χ1n) is 27.2. The first kappa shape index (κ1) is 46.5. The van der Waals surface area contributed by atoms with Crippen LogP contribution < -0.4 is 4.90 Å². The molecule has 0 atom stereocenters. The lowest BCUT2D eigenvalue weighted by Gasteiger charge is -2.33. The summed E-state index contributed by atoms with van der Waals surface area (Å²) < 4.78 is 6.47. The Kier molecular flexibility index (Phi) is 10.6. The molecule has 0 saturated carbocycles. The van der Waals surface area contributed by atoms with Gasteiger partial charge in [-0.15, -0.1) is 0 Å². The first-order chi connectivity index (χ1) is 37.5. The molecule has 2 heteroatoms. The molecule has 2 nitrogen and oxygen atoms in total. The highest BCUT2D eigenvalue weighted by Crippen LogP contribution is 2.64. The lowest BCUT2D eigenvalue weighted by atomic mass is 9.69. The Balaban J connectivity index is 1.02. The first-order valence-corrected chi connectivity index (χ1v) is 27.2. The van der Waals surface area contributed by atoms with Gasteiger partial charge < -0.3 is 9.32 Å². The van der Waals surface area contributed by atoms with Crippen LogP contribution in [0.1, 0.15) is 74.9 Å². The third-order valence-electron chi connectivity index (χ3n) is 16.6. The van der Waals surface area contributed by atoms with Crippen molar-refractivity contribution in [3.05, 3.63) is 282 Å². The molecule has 0 N–H and O–H groups in total. The van der Waals surface area contributed by atoms with Gasteiger partial charge in [0, 0.05) is 27.7 Å². The fraction of sp³-hybridized carbons (Fsp3) is 0.120. The van der Waals surface area contributed by atoms with Crippen LogP contribution in [0.15, 0.2) is 253 Å². The van der Waals surface area contributed by atoms with E-state index in [0.717, 1.165) is 61.3 Å². The Hall–Kier alpha value is -8.98. The molecule has 11 aromatic carbocycles. The molecule has 1 spiro atoms. The van der Waals surface area contributed by atoms with Crippen molar-refractivity contribution in [2.24, 2.45) is 0 Å². The molecule has 0 amide bonds. The topological polar surface area (TPSA) is 16.4 Å². The van der Waals surface area contributed by atoms with Crippen LogP contribution >= 0.6 is 0 Å². The van der Waals surface area contributed by atoms with E-state index in [4.69, 9.17) is 4.42 Å². The van der Waals surface area contributed by atoms with Crippen LogP contribution in [0.3, 0.4) is 0 Å². The van der Waals surface area contributed by atoms with Crippen LogP contribution in [-0.4, -0.2) is 0 Å². The zero-order valence-corrected chi connectivity index (χ0v) is 44.5. The molecule has 0 fully saturated rings. The number of hydrogen-bond acceptors (Lipinski definition) is 2. The fourth-order valence-corrected chi connectivity index (χ4v) is 12.9. The van der Waals surface area contributed by atoms with Gasteiger partial charge in [-0.05, 0) is 148 Å². The van der Waals surface area contributed by atoms with Gasteiger partial charge in [-0.1, -0.05) is 248 Å². The van der Waals surface area contributed by atoms with Gasteiger partial charge >= 0.3 is 0 Å². The molecule has 0 bridgehead atoms. The average molecular weight is 990 g/mol. The maximum Gasteiger partial charge on any atom is 0.136 e. The normalized spacial score (nSPS) is 13.2. The predicted octanol–water partition coefficient (Wildman–Crippen LogP) is 20.7. The summed E-state index contributed by atoms with van der Waals surface area (Å²) in [6.45, 7) is 14.0. The molecule has 0 saturated heterocycles. The summed E-state index contributed by atoms with van der Waals surface area (Å²) in [7, 11) is 0. The van der Waals surface area contributed by atoms with Gasteiger partial charge in [-0.25, -0.2) is 0 Å². The second-order valence-corrected chi connectivity index (χ2v) is 23.2. The van der Waals surface area contributed by atoms with Crippen molar-refractivity contribution in [1.29, 1.82) is 0 Å². The van der Waals surface area contributed by atoms with E-state index < -0.39 is 5.41 Å². The van der Waals surface area contributed by atoms with Gasteiger partial charge in [0.15, 0.2) is 0 Å². The number of anilines is 3. The molecular formula is C75H59NO. The van der Waals surface area contributed by atoms with Gasteiger partial charge in [0.05, 0.1) is 11.1 Å². The summed E-state index contributed by atoms with van der Waals surface area (Å²) in [6, 6.07) is 92.7. The Morgan fingerprint density at radius 1 is 0.312 bits per heavy atom. The van der Waals surface area contributed by atoms with E-state index in [1.54, 1.807) is 0 Å². The number of para-hydroxylation sites is 2. The third kappa shape index (κ3) is 7.30. The Labute approximate surface area is 452 Å². The zero-order valence-electron chi connectivity index (χ0n) is 44.5. The van der Waals surface area contributed by atoms with Gasteiger partial charge in [-0.3, -0.25) is 0 Å². The second-order valence-electron chi connectivity index (χ2n) is 23.2. The average Bonchev–Trinajstić information content (AvgIpc) is 4.24. The highest BCUT2D eigenvalue weighted by molar-refractivity contribution is 6.12. The van der Waals surface area contributed by atoms with Crippen LogP contribution in [0.4, 0.5) is 17.1 Å². The minimum absolute atomic E-state index is 0.0344. The van der Waals surface area contributed by atoms with Crippen molar-refractivity contribution in [1.82, 2.24) is 0 Å². The van der Waals surface area contributed by atoms with Crippen molar-refractivity contribution in [2.45, 2.75) is 57.8 Å². The van der Waals surface area contributed by atoms with Crippen LogP contribution in [-0.2, 0) is 16.2 Å². The highest BCUT2D eigenvalue weighted by atomic mass is 16.3. The van der Waals surface area contributed by atoms with Gasteiger partial charge in [0.25, 0.3) is 0 Å². The van der Waals surface area contributed by atoms with Crippen LogP contribution in [0.25, 0.3) is 88.7 Å². The monoisotopic (exact) mass is 989 g/mol. The van der Waals surface area contributed by atoms with Crippen LogP contribution in [0, 0.1) is 0 Å². The number of nitrogens with zero attached hydrogens (tertiary/aromatic N) is 1. The molecule has 0 unspecified atom stereocenters. The molecule has 370 valence electrons. The van der Waals surface area contributed by atoms with Gasteiger partial charge in [0.2, 0.25) is 0 Å². The molecule has 1 heterocycles. The maximum absolute atomic E-state index is 6.47. The van der Waals surface area contributed by atoms with Crippen molar-refractivity contribution in [3.63, 3.8) is 0 Å². The Bertz CT molecular complexity index is 4250. The van der Waals surface area contributed by atoms with Gasteiger partial charge in [0.1, 0.15) is 11.2 Å². The molecule has 14 rings (SSSR count). The summed E-state index contributed by atoms with van der Waals surface area (Å²) in [4.78, 5) is 2.51. The molecular weight excluding hydrogens is 931 g/mol. The number of fused-ring (bicyclic) bond motifs is 13. The quantitative estimate of drug-likeness (QED) is 0.158. The van der Waals surface area contributed by atoms with E-state index in [9.17, 15) is 0 Å². The smallest absolute Gasteiger partial charge is 0.136 e. The molecule has 0 aliphatic heterocycles. The van der Waals surface area contributed by atoms with Crippen LogP contribution in [0.5, 0.6) is 0 Å². The SMILES string of the molecule is CC(C)(C)c1ccc2c(c1)C1(c3ccccc3-c3cc(N(c4cccc(-c5cccc6oc7ccccc7c56)c4)c4ccccc4-c4ccccc4-c4ccccc4-c4ccccc4)ccc31)c1cc(C(C)(C)C)ccc1-2. The van der Waals surface area contributed by atoms with Crippen molar-refractivity contribution in [2.75, 3.05) is 4.90 Å². The lowest BCUT2D eigenvalue weighted by molar-refractivity contribution is 0.586. The third-order valence-corrected chi connectivity index (χ3v) is 16.6. The number of hydrogen-bond donors (Lipinski definition) is 0. The zero-order chi connectivity index (χ0) is 52.2. The minimum atomic E-state index is -0.516. The number of furan rings is 1. The van der Waals surface area contributed by atoms with Crippen molar-refractivity contribution < 1.29 is 4.42 Å². The molecule has 1 aromatic heterocycles. The van der Waals surface area contributed by atoms with E-state index in [1.165, 1.54) is 77.9 Å². The van der Waals surface area contributed by atoms with E-state index >= 15 is 0 Å². The highest BCUT2D eigenvalue weighted by Gasteiger charge is 2.52. The Morgan fingerprint density at radius 2 is 0.805 bits per heavy atom. The molecule has 2 aliphatic carbocycles.